The van der Waals surface area contributed by atoms with Crippen LogP contribution < -0.4 is 5.32 Å². The minimum atomic E-state index is 0.0909. The molecule has 0 saturated heterocycles. The Kier molecular flexibility index (Phi) is 4.28. The number of hydrogen-bond acceptors (Lipinski definition) is 3. The molecule has 1 N–H and O–H groups in total. The summed E-state index contributed by atoms with van der Waals surface area (Å²) in [6.07, 6.45) is 0. The van der Waals surface area contributed by atoms with E-state index < -0.39 is 0 Å². The molecule has 4 nitrogen and oxygen atoms in total. The monoisotopic (exact) mass is 289 g/mol. The second kappa shape index (κ2) is 5.68. The van der Waals surface area contributed by atoms with Crippen LogP contribution in [0.4, 0.5) is 0 Å². The molecule has 0 aliphatic carbocycles. The summed E-state index contributed by atoms with van der Waals surface area (Å²) in [5, 5.41) is 8.05. The number of furan rings is 1. The highest BCUT2D eigenvalue weighted by Gasteiger charge is 2.14. The van der Waals surface area contributed by atoms with Crippen molar-refractivity contribution in [2.45, 2.75) is 67.1 Å². The molecule has 0 aromatic carbocycles. The average molecular weight is 289 g/mol. The first-order valence-electron chi connectivity index (χ1n) is 7.51. The molecule has 0 spiro atoms. The van der Waals surface area contributed by atoms with Crippen LogP contribution in [0.3, 0.4) is 0 Å². The average Bonchev–Trinajstić information content (AvgIpc) is 2.83. The van der Waals surface area contributed by atoms with Gasteiger partial charge >= 0.3 is 0 Å². The highest BCUT2D eigenvalue weighted by atomic mass is 16.3. The van der Waals surface area contributed by atoms with E-state index in [0.29, 0.717) is 0 Å². The molecule has 0 amide bonds. The second-order valence-electron chi connectivity index (χ2n) is 6.85. The predicted molar refractivity (Wildman–Crippen MR) is 85.6 cm³/mol. The van der Waals surface area contributed by atoms with Crippen molar-refractivity contribution in [3.8, 4) is 0 Å². The van der Waals surface area contributed by atoms with E-state index in [1.165, 1.54) is 16.8 Å². The molecule has 0 aliphatic rings. The fourth-order valence-corrected chi connectivity index (χ4v) is 2.29. The summed E-state index contributed by atoms with van der Waals surface area (Å²) in [5.41, 5.74) is 4.89. The summed E-state index contributed by atoms with van der Waals surface area (Å²) >= 11 is 0. The summed E-state index contributed by atoms with van der Waals surface area (Å²) < 4.78 is 7.91. The first-order chi connectivity index (χ1) is 9.67. The van der Waals surface area contributed by atoms with Gasteiger partial charge in [0.1, 0.15) is 11.5 Å². The molecule has 21 heavy (non-hydrogen) atoms. The van der Waals surface area contributed by atoms with Crippen LogP contribution in [0.2, 0.25) is 0 Å². The Morgan fingerprint density at radius 2 is 1.86 bits per heavy atom. The molecule has 0 fully saturated rings. The van der Waals surface area contributed by atoms with Crippen LogP contribution in [-0.4, -0.2) is 15.3 Å². The van der Waals surface area contributed by atoms with Gasteiger partial charge in [0.2, 0.25) is 0 Å². The maximum Gasteiger partial charge on any atom is 0.118 e. The standard InChI is InChI=1S/C17H27N3O/c1-11-12(2)19-20(13(11)3)10-15-8-16(21-14(15)4)9-18-17(5,6)7/h8,18H,9-10H2,1-7H3. The molecule has 0 aliphatic heterocycles. The van der Waals surface area contributed by atoms with Crippen molar-refractivity contribution in [2.24, 2.45) is 0 Å². The van der Waals surface area contributed by atoms with E-state index in [4.69, 9.17) is 4.42 Å². The van der Waals surface area contributed by atoms with Crippen LogP contribution in [0, 0.1) is 27.7 Å². The lowest BCUT2D eigenvalue weighted by molar-refractivity contribution is 0.382. The zero-order chi connectivity index (χ0) is 15.8. The molecule has 2 rings (SSSR count). The SMILES string of the molecule is Cc1nn(Cc2cc(CNC(C)(C)C)oc2C)c(C)c1C. The maximum atomic E-state index is 5.86. The van der Waals surface area contributed by atoms with Crippen LogP contribution in [0.1, 0.15) is 54.8 Å². The van der Waals surface area contributed by atoms with E-state index in [1.807, 2.05) is 6.92 Å². The lowest BCUT2D eigenvalue weighted by atomic mass is 10.1. The predicted octanol–water partition coefficient (Wildman–Crippen LogP) is 3.65. The zero-order valence-corrected chi connectivity index (χ0v) is 14.3. The van der Waals surface area contributed by atoms with E-state index in [1.54, 1.807) is 0 Å². The van der Waals surface area contributed by atoms with Gasteiger partial charge in [0.05, 0.1) is 18.8 Å². The number of nitrogens with zero attached hydrogens (tertiary/aromatic N) is 2. The van der Waals surface area contributed by atoms with Crippen molar-refractivity contribution in [3.05, 3.63) is 40.1 Å². The van der Waals surface area contributed by atoms with Crippen LogP contribution in [0.5, 0.6) is 0 Å². The maximum absolute atomic E-state index is 5.86. The van der Waals surface area contributed by atoms with Gasteiger partial charge < -0.3 is 9.73 Å². The molecule has 2 aromatic rings. The van der Waals surface area contributed by atoms with Gasteiger partial charge in [0.15, 0.2) is 0 Å². The molecule has 0 atom stereocenters. The van der Waals surface area contributed by atoms with Crippen molar-refractivity contribution in [1.82, 2.24) is 15.1 Å². The number of rotatable bonds is 4. The molecule has 2 heterocycles. The highest BCUT2D eigenvalue weighted by molar-refractivity contribution is 5.26. The number of aromatic nitrogens is 2. The van der Waals surface area contributed by atoms with Gasteiger partial charge in [0, 0.05) is 16.8 Å². The van der Waals surface area contributed by atoms with Crippen molar-refractivity contribution in [1.29, 1.82) is 0 Å². The van der Waals surface area contributed by atoms with Gasteiger partial charge in [-0.25, -0.2) is 0 Å². The topological polar surface area (TPSA) is 43.0 Å². The highest BCUT2D eigenvalue weighted by Crippen LogP contribution is 2.19. The van der Waals surface area contributed by atoms with E-state index in [2.05, 4.69) is 62.7 Å². The number of hydrogen-bond donors (Lipinski definition) is 1. The van der Waals surface area contributed by atoms with Crippen LogP contribution >= 0.6 is 0 Å². The molecule has 2 aromatic heterocycles. The van der Waals surface area contributed by atoms with E-state index in [0.717, 1.165) is 30.3 Å². The Labute approximate surface area is 127 Å². The molecule has 0 saturated carbocycles. The summed E-state index contributed by atoms with van der Waals surface area (Å²) in [5.74, 6) is 1.96. The molecular weight excluding hydrogens is 262 g/mol. The normalized spacial score (nSPS) is 12.1. The summed E-state index contributed by atoms with van der Waals surface area (Å²) in [6.45, 7) is 16.3. The van der Waals surface area contributed by atoms with E-state index in [-0.39, 0.29) is 5.54 Å². The minimum absolute atomic E-state index is 0.0909. The third-order valence-corrected chi connectivity index (χ3v) is 3.93. The van der Waals surface area contributed by atoms with Crippen molar-refractivity contribution < 1.29 is 4.42 Å². The summed E-state index contributed by atoms with van der Waals surface area (Å²) in [4.78, 5) is 0. The lowest BCUT2D eigenvalue weighted by Gasteiger charge is -2.19. The van der Waals surface area contributed by atoms with Gasteiger partial charge in [-0.15, -0.1) is 0 Å². The smallest absolute Gasteiger partial charge is 0.118 e. The van der Waals surface area contributed by atoms with Gasteiger partial charge in [0.25, 0.3) is 0 Å². The first-order valence-corrected chi connectivity index (χ1v) is 7.51. The summed E-state index contributed by atoms with van der Waals surface area (Å²) in [6, 6.07) is 2.14. The molecule has 0 radical (unpaired) electrons. The Hall–Kier alpha value is -1.55. The number of nitrogens with one attached hydrogen (secondary N) is 1. The fourth-order valence-electron chi connectivity index (χ4n) is 2.29. The van der Waals surface area contributed by atoms with Gasteiger partial charge in [-0.05, 0) is 60.1 Å². The Balaban J connectivity index is 2.14. The number of aryl methyl sites for hydroxylation is 2. The first kappa shape index (κ1) is 15.8. The van der Waals surface area contributed by atoms with E-state index in [9.17, 15) is 0 Å². The van der Waals surface area contributed by atoms with Crippen molar-refractivity contribution in [2.75, 3.05) is 0 Å². The lowest BCUT2D eigenvalue weighted by Crippen LogP contribution is -2.34. The second-order valence-corrected chi connectivity index (χ2v) is 6.85. The molecule has 116 valence electrons. The van der Waals surface area contributed by atoms with Crippen LogP contribution in [0.15, 0.2) is 10.5 Å². The van der Waals surface area contributed by atoms with Crippen molar-refractivity contribution >= 4 is 0 Å². The van der Waals surface area contributed by atoms with Gasteiger partial charge in [-0.2, -0.15) is 5.10 Å². The minimum Gasteiger partial charge on any atom is -0.465 e. The quantitative estimate of drug-likeness (QED) is 0.934. The zero-order valence-electron chi connectivity index (χ0n) is 14.3. The van der Waals surface area contributed by atoms with Gasteiger partial charge in [-0.3, -0.25) is 4.68 Å². The Morgan fingerprint density at radius 1 is 1.19 bits per heavy atom. The Bertz CT molecular complexity index is 629. The van der Waals surface area contributed by atoms with E-state index >= 15 is 0 Å². The summed E-state index contributed by atoms with van der Waals surface area (Å²) in [7, 11) is 0. The molecule has 4 heteroatoms. The van der Waals surface area contributed by atoms with Crippen LogP contribution in [0.25, 0.3) is 0 Å². The molecule has 0 unspecified atom stereocenters. The largest absolute Gasteiger partial charge is 0.465 e. The third-order valence-electron chi connectivity index (χ3n) is 3.93. The fraction of sp³-hybridized carbons (Fsp3) is 0.588. The van der Waals surface area contributed by atoms with Crippen molar-refractivity contribution in [3.63, 3.8) is 0 Å². The molecule has 0 bridgehead atoms. The third kappa shape index (κ3) is 3.76. The Morgan fingerprint density at radius 3 is 2.38 bits per heavy atom. The molecular formula is C17H27N3O. The van der Waals surface area contributed by atoms with Gasteiger partial charge in [-0.1, -0.05) is 0 Å². The van der Waals surface area contributed by atoms with Crippen LogP contribution in [-0.2, 0) is 13.1 Å².